The zero-order chi connectivity index (χ0) is 13.1. The maximum absolute atomic E-state index is 11.9. The molecule has 18 heavy (non-hydrogen) atoms. The van der Waals surface area contributed by atoms with Gasteiger partial charge in [0.1, 0.15) is 3.92 Å². The maximum atomic E-state index is 11.9. The van der Waals surface area contributed by atoms with E-state index in [2.05, 4.69) is 10.1 Å². The average Bonchev–Trinajstić information content (AvgIpc) is 2.36. The number of hydrogen-bond donors (Lipinski definition) is 1. The Bertz CT molecular complexity index is 475. The summed E-state index contributed by atoms with van der Waals surface area (Å²) in [6, 6.07) is 7.93. The number of methoxy groups -OCH3 is 1. The standard InChI is InChI=1S/C13H14INO3/c1-18-13(17)11(14)7-15-12(16)10-6-8-4-2-3-5-9(8)10/h2-5,10-11H,6-7H2,1H3,(H,15,16). The van der Waals surface area contributed by atoms with Crippen LogP contribution in [0.5, 0.6) is 0 Å². The summed E-state index contributed by atoms with van der Waals surface area (Å²) in [5.41, 5.74) is 2.33. The summed E-state index contributed by atoms with van der Waals surface area (Å²) in [7, 11) is 1.35. The van der Waals surface area contributed by atoms with E-state index < -0.39 is 0 Å². The summed E-state index contributed by atoms with van der Waals surface area (Å²) in [5, 5.41) is 2.79. The van der Waals surface area contributed by atoms with Crippen molar-refractivity contribution < 1.29 is 14.3 Å². The Morgan fingerprint density at radius 1 is 1.50 bits per heavy atom. The molecule has 0 spiro atoms. The summed E-state index contributed by atoms with van der Waals surface area (Å²) in [4.78, 5) is 23.1. The molecule has 0 saturated heterocycles. The summed E-state index contributed by atoms with van der Waals surface area (Å²) >= 11 is 1.97. The second-order valence-corrected chi connectivity index (χ2v) is 5.69. The van der Waals surface area contributed by atoms with Crippen LogP contribution in [0.25, 0.3) is 0 Å². The molecule has 1 aromatic rings. The predicted molar refractivity (Wildman–Crippen MR) is 75.7 cm³/mol. The Hall–Kier alpha value is -1.11. The molecule has 1 N–H and O–H groups in total. The lowest BCUT2D eigenvalue weighted by molar-refractivity contribution is -0.139. The highest BCUT2D eigenvalue weighted by molar-refractivity contribution is 14.1. The third-order valence-corrected chi connectivity index (χ3v) is 4.03. The van der Waals surface area contributed by atoms with E-state index in [0.29, 0.717) is 6.54 Å². The van der Waals surface area contributed by atoms with Gasteiger partial charge in [-0.05, 0) is 17.5 Å². The molecule has 2 rings (SSSR count). The number of halogens is 1. The minimum Gasteiger partial charge on any atom is -0.468 e. The van der Waals surface area contributed by atoms with E-state index in [-0.39, 0.29) is 21.7 Å². The highest BCUT2D eigenvalue weighted by Gasteiger charge is 2.32. The fraction of sp³-hybridized carbons (Fsp3) is 0.385. The van der Waals surface area contributed by atoms with E-state index in [4.69, 9.17) is 0 Å². The topological polar surface area (TPSA) is 55.4 Å². The van der Waals surface area contributed by atoms with Gasteiger partial charge in [0.15, 0.2) is 0 Å². The Morgan fingerprint density at radius 2 is 2.22 bits per heavy atom. The number of nitrogens with one attached hydrogen (secondary N) is 1. The molecule has 2 unspecified atom stereocenters. The molecule has 0 radical (unpaired) electrons. The molecule has 0 aromatic heterocycles. The van der Waals surface area contributed by atoms with Gasteiger partial charge in [-0.2, -0.15) is 0 Å². The number of benzene rings is 1. The number of hydrogen-bond acceptors (Lipinski definition) is 3. The van der Waals surface area contributed by atoms with Crippen molar-refractivity contribution in [3.63, 3.8) is 0 Å². The van der Waals surface area contributed by atoms with Crippen molar-refractivity contribution in [1.82, 2.24) is 5.32 Å². The molecule has 1 aromatic carbocycles. The first-order valence-corrected chi connectivity index (χ1v) is 6.95. The smallest absolute Gasteiger partial charge is 0.320 e. The molecule has 0 aliphatic heterocycles. The van der Waals surface area contributed by atoms with E-state index >= 15 is 0 Å². The molecular formula is C13H14INO3. The Morgan fingerprint density at radius 3 is 2.89 bits per heavy atom. The zero-order valence-corrected chi connectivity index (χ0v) is 12.1. The third kappa shape index (κ3) is 2.66. The van der Waals surface area contributed by atoms with Crippen LogP contribution in [-0.4, -0.2) is 29.5 Å². The number of alkyl halides is 1. The van der Waals surface area contributed by atoms with Gasteiger partial charge >= 0.3 is 5.97 Å². The van der Waals surface area contributed by atoms with Crippen LogP contribution in [0, 0.1) is 0 Å². The van der Waals surface area contributed by atoms with E-state index in [1.165, 1.54) is 12.7 Å². The largest absolute Gasteiger partial charge is 0.468 e. The van der Waals surface area contributed by atoms with Crippen LogP contribution in [0.4, 0.5) is 0 Å². The summed E-state index contributed by atoms with van der Waals surface area (Å²) in [6.45, 7) is 0.310. The molecule has 0 saturated carbocycles. The van der Waals surface area contributed by atoms with Gasteiger partial charge in [0.25, 0.3) is 0 Å². The molecule has 0 fully saturated rings. The summed E-state index contributed by atoms with van der Waals surface area (Å²) in [6.07, 6.45) is 0.784. The second-order valence-electron chi connectivity index (χ2n) is 4.19. The molecule has 5 heteroatoms. The lowest BCUT2D eigenvalue weighted by Gasteiger charge is -2.29. The predicted octanol–water partition coefficient (Wildman–Crippen LogP) is 1.42. The number of esters is 1. The number of ether oxygens (including phenoxy) is 1. The van der Waals surface area contributed by atoms with Crippen molar-refractivity contribution in [2.75, 3.05) is 13.7 Å². The van der Waals surface area contributed by atoms with E-state index in [9.17, 15) is 9.59 Å². The molecule has 0 bridgehead atoms. The van der Waals surface area contributed by atoms with Crippen molar-refractivity contribution in [2.45, 2.75) is 16.3 Å². The first kappa shape index (κ1) is 13.3. The van der Waals surface area contributed by atoms with E-state index in [1.54, 1.807) is 0 Å². The molecule has 2 atom stereocenters. The van der Waals surface area contributed by atoms with Gasteiger partial charge in [-0.15, -0.1) is 0 Å². The van der Waals surface area contributed by atoms with Crippen molar-refractivity contribution >= 4 is 34.5 Å². The van der Waals surface area contributed by atoms with Gasteiger partial charge in [-0.25, -0.2) is 0 Å². The normalized spacial score (nSPS) is 18.2. The molecular weight excluding hydrogens is 345 g/mol. The van der Waals surface area contributed by atoms with Crippen LogP contribution in [0.3, 0.4) is 0 Å². The van der Waals surface area contributed by atoms with Gasteiger partial charge in [0.05, 0.1) is 13.0 Å². The SMILES string of the molecule is COC(=O)C(I)CNC(=O)C1Cc2ccccc21. The average molecular weight is 359 g/mol. The van der Waals surface area contributed by atoms with Gasteiger partial charge in [-0.1, -0.05) is 46.9 Å². The van der Waals surface area contributed by atoms with Crippen molar-refractivity contribution in [3.8, 4) is 0 Å². The highest BCUT2D eigenvalue weighted by atomic mass is 127. The summed E-state index contributed by atoms with van der Waals surface area (Å²) in [5.74, 6) is -0.397. The first-order valence-electron chi connectivity index (χ1n) is 5.71. The lowest BCUT2D eigenvalue weighted by atomic mass is 9.77. The van der Waals surface area contributed by atoms with Gasteiger partial charge in [0, 0.05) is 6.54 Å². The van der Waals surface area contributed by atoms with Gasteiger partial charge < -0.3 is 10.1 Å². The fourth-order valence-corrected chi connectivity index (χ4v) is 2.49. The highest BCUT2D eigenvalue weighted by Crippen LogP contribution is 2.34. The van der Waals surface area contributed by atoms with Crippen LogP contribution in [-0.2, 0) is 20.7 Å². The zero-order valence-electron chi connectivity index (χ0n) is 9.98. The van der Waals surface area contributed by atoms with E-state index in [1.807, 2.05) is 46.9 Å². The minimum atomic E-state index is -0.341. The molecule has 1 amide bonds. The molecule has 1 aliphatic rings. The molecule has 0 heterocycles. The van der Waals surface area contributed by atoms with Gasteiger partial charge in [0.2, 0.25) is 5.91 Å². The Labute approximate surface area is 119 Å². The van der Waals surface area contributed by atoms with E-state index in [0.717, 1.165) is 12.0 Å². The molecule has 4 nitrogen and oxygen atoms in total. The number of fused-ring (bicyclic) bond motifs is 1. The van der Waals surface area contributed by atoms with Crippen molar-refractivity contribution in [2.24, 2.45) is 0 Å². The first-order chi connectivity index (χ1) is 8.63. The molecule has 1 aliphatic carbocycles. The summed E-state index contributed by atoms with van der Waals surface area (Å²) < 4.78 is 4.26. The van der Waals surface area contributed by atoms with Crippen LogP contribution in [0.1, 0.15) is 17.0 Å². The van der Waals surface area contributed by atoms with Gasteiger partial charge in [-0.3, -0.25) is 9.59 Å². The quantitative estimate of drug-likeness (QED) is 0.503. The van der Waals surface area contributed by atoms with Crippen molar-refractivity contribution in [3.05, 3.63) is 35.4 Å². The second kappa shape index (κ2) is 5.69. The maximum Gasteiger partial charge on any atom is 0.320 e. The number of amides is 1. The fourth-order valence-electron chi connectivity index (χ4n) is 2.02. The van der Waals surface area contributed by atoms with Crippen LogP contribution >= 0.6 is 22.6 Å². The molecule has 96 valence electrons. The number of rotatable bonds is 4. The van der Waals surface area contributed by atoms with Crippen LogP contribution < -0.4 is 5.32 Å². The monoisotopic (exact) mass is 359 g/mol. The van der Waals surface area contributed by atoms with Crippen molar-refractivity contribution in [1.29, 1.82) is 0 Å². The third-order valence-electron chi connectivity index (χ3n) is 3.08. The van der Waals surface area contributed by atoms with Crippen LogP contribution in [0.2, 0.25) is 0 Å². The lowest BCUT2D eigenvalue weighted by Crippen LogP contribution is -2.39. The number of carbonyl (C=O) groups excluding carboxylic acids is 2. The Kier molecular flexibility index (Phi) is 4.21. The minimum absolute atomic E-state index is 0.0146. The Balaban J connectivity index is 1.86. The van der Waals surface area contributed by atoms with Crippen LogP contribution in [0.15, 0.2) is 24.3 Å². The number of carbonyl (C=O) groups is 2.